The van der Waals surface area contributed by atoms with Gasteiger partial charge in [-0.1, -0.05) is 0 Å². The van der Waals surface area contributed by atoms with Gasteiger partial charge in [-0.05, 0) is 37.5 Å². The molecule has 8 nitrogen and oxygen atoms in total. The second-order valence-electron chi connectivity index (χ2n) is 5.97. The molecule has 0 aliphatic carbocycles. The van der Waals surface area contributed by atoms with E-state index in [1.54, 1.807) is 11.0 Å². The van der Waals surface area contributed by atoms with E-state index in [1.807, 2.05) is 24.0 Å². The van der Waals surface area contributed by atoms with Crippen LogP contribution in [0.2, 0.25) is 0 Å². The molecule has 1 saturated heterocycles. The highest BCUT2D eigenvalue weighted by atomic mass is 16.2. The summed E-state index contributed by atoms with van der Waals surface area (Å²) in [6.45, 7) is 3.31. The molecule has 1 aliphatic heterocycles. The van der Waals surface area contributed by atoms with Gasteiger partial charge < -0.3 is 16.0 Å². The summed E-state index contributed by atoms with van der Waals surface area (Å²) in [5.41, 5.74) is 6.95. The number of pyridine rings is 1. The standard InChI is InChI=1S/C16H20N6O2/c1-11-7-19-22(9-11)13-3-2-6-21(10-13)16(24)20-12-4-5-14(15(17)23)18-8-12/h4-5,7-9,13H,2-3,6,10H2,1H3,(H2,17,23)(H,20,24). The summed E-state index contributed by atoms with van der Waals surface area (Å²) in [6.07, 6.45) is 7.18. The summed E-state index contributed by atoms with van der Waals surface area (Å²) in [5.74, 6) is -0.596. The molecule has 0 aromatic carbocycles. The summed E-state index contributed by atoms with van der Waals surface area (Å²) in [7, 11) is 0. The topological polar surface area (TPSA) is 106 Å². The van der Waals surface area contributed by atoms with E-state index in [1.165, 1.54) is 12.3 Å². The minimum Gasteiger partial charge on any atom is -0.364 e. The SMILES string of the molecule is Cc1cnn(C2CCCN(C(=O)Nc3ccc(C(N)=O)nc3)C2)c1. The minimum atomic E-state index is -0.596. The van der Waals surface area contributed by atoms with Gasteiger partial charge in [0.15, 0.2) is 0 Å². The van der Waals surface area contributed by atoms with E-state index in [-0.39, 0.29) is 17.8 Å². The van der Waals surface area contributed by atoms with Crippen LogP contribution in [0.3, 0.4) is 0 Å². The molecular formula is C16H20N6O2. The number of hydrogen-bond acceptors (Lipinski definition) is 4. The number of aromatic nitrogens is 3. The Bertz CT molecular complexity index is 739. The number of likely N-dealkylation sites (tertiary alicyclic amines) is 1. The zero-order chi connectivity index (χ0) is 17.1. The van der Waals surface area contributed by atoms with E-state index in [2.05, 4.69) is 15.4 Å². The minimum absolute atomic E-state index is 0.167. The van der Waals surface area contributed by atoms with Crippen LogP contribution >= 0.6 is 0 Å². The number of piperidine rings is 1. The van der Waals surface area contributed by atoms with Crippen molar-refractivity contribution in [3.63, 3.8) is 0 Å². The molecular weight excluding hydrogens is 308 g/mol. The molecule has 1 atom stereocenters. The molecule has 3 heterocycles. The Morgan fingerprint density at radius 1 is 1.33 bits per heavy atom. The fourth-order valence-corrected chi connectivity index (χ4v) is 2.80. The molecule has 3 N–H and O–H groups in total. The quantitative estimate of drug-likeness (QED) is 0.891. The Labute approximate surface area is 139 Å². The first kappa shape index (κ1) is 16.0. The van der Waals surface area contributed by atoms with Crippen molar-refractivity contribution < 1.29 is 9.59 Å². The summed E-state index contributed by atoms with van der Waals surface area (Å²) >= 11 is 0. The van der Waals surface area contributed by atoms with Crippen molar-refractivity contribution in [3.8, 4) is 0 Å². The average Bonchev–Trinajstić information content (AvgIpc) is 3.02. The van der Waals surface area contributed by atoms with E-state index in [0.29, 0.717) is 18.8 Å². The number of urea groups is 1. The lowest BCUT2D eigenvalue weighted by molar-refractivity contribution is 0.0995. The molecule has 24 heavy (non-hydrogen) atoms. The molecule has 1 fully saturated rings. The van der Waals surface area contributed by atoms with E-state index in [0.717, 1.165) is 18.4 Å². The van der Waals surface area contributed by atoms with Crippen LogP contribution in [0.5, 0.6) is 0 Å². The highest BCUT2D eigenvalue weighted by Gasteiger charge is 2.25. The van der Waals surface area contributed by atoms with Crippen LogP contribution in [0, 0.1) is 6.92 Å². The van der Waals surface area contributed by atoms with Gasteiger partial charge in [-0.3, -0.25) is 9.48 Å². The highest BCUT2D eigenvalue weighted by molar-refractivity contribution is 5.92. The predicted octanol–water partition coefficient (Wildman–Crippen LogP) is 1.55. The van der Waals surface area contributed by atoms with Crippen molar-refractivity contribution in [2.75, 3.05) is 18.4 Å². The summed E-state index contributed by atoms with van der Waals surface area (Å²) in [5, 5.41) is 7.15. The van der Waals surface area contributed by atoms with Gasteiger partial charge in [0.2, 0.25) is 0 Å². The van der Waals surface area contributed by atoms with E-state index >= 15 is 0 Å². The van der Waals surface area contributed by atoms with Crippen LogP contribution in [0.25, 0.3) is 0 Å². The van der Waals surface area contributed by atoms with Gasteiger partial charge >= 0.3 is 6.03 Å². The number of hydrogen-bond donors (Lipinski definition) is 2. The largest absolute Gasteiger partial charge is 0.364 e. The van der Waals surface area contributed by atoms with E-state index < -0.39 is 5.91 Å². The van der Waals surface area contributed by atoms with Gasteiger partial charge in [-0.25, -0.2) is 9.78 Å². The third-order valence-corrected chi connectivity index (χ3v) is 4.06. The van der Waals surface area contributed by atoms with Crippen LogP contribution in [0.15, 0.2) is 30.7 Å². The Morgan fingerprint density at radius 2 is 2.17 bits per heavy atom. The molecule has 1 aliphatic rings. The smallest absolute Gasteiger partial charge is 0.321 e. The number of aryl methyl sites for hydroxylation is 1. The van der Waals surface area contributed by atoms with Crippen molar-refractivity contribution in [1.82, 2.24) is 19.7 Å². The van der Waals surface area contributed by atoms with Gasteiger partial charge in [0.05, 0.1) is 24.1 Å². The maximum Gasteiger partial charge on any atom is 0.321 e. The van der Waals surface area contributed by atoms with Crippen molar-refractivity contribution in [1.29, 1.82) is 0 Å². The number of nitrogens with two attached hydrogens (primary N) is 1. The van der Waals surface area contributed by atoms with Crippen LogP contribution in [0.1, 0.15) is 34.9 Å². The van der Waals surface area contributed by atoms with Gasteiger partial charge in [0.25, 0.3) is 5.91 Å². The molecule has 0 saturated carbocycles. The maximum absolute atomic E-state index is 12.4. The number of amides is 3. The second kappa shape index (κ2) is 6.69. The first-order valence-electron chi connectivity index (χ1n) is 7.85. The maximum atomic E-state index is 12.4. The highest BCUT2D eigenvalue weighted by Crippen LogP contribution is 2.22. The molecule has 3 amide bonds. The van der Waals surface area contributed by atoms with Crippen LogP contribution in [0.4, 0.5) is 10.5 Å². The summed E-state index contributed by atoms with van der Waals surface area (Å²) in [4.78, 5) is 29.1. The Hall–Kier alpha value is -2.90. The lowest BCUT2D eigenvalue weighted by Gasteiger charge is -2.32. The lowest BCUT2D eigenvalue weighted by atomic mass is 10.1. The fourth-order valence-electron chi connectivity index (χ4n) is 2.80. The first-order valence-corrected chi connectivity index (χ1v) is 7.85. The van der Waals surface area contributed by atoms with Gasteiger partial charge in [-0.15, -0.1) is 0 Å². The molecule has 0 radical (unpaired) electrons. The van der Waals surface area contributed by atoms with Crippen molar-refractivity contribution in [3.05, 3.63) is 42.0 Å². The van der Waals surface area contributed by atoms with Crippen molar-refractivity contribution >= 4 is 17.6 Å². The Kier molecular flexibility index (Phi) is 4.45. The lowest BCUT2D eigenvalue weighted by Crippen LogP contribution is -2.43. The van der Waals surface area contributed by atoms with E-state index in [9.17, 15) is 9.59 Å². The van der Waals surface area contributed by atoms with Crippen molar-refractivity contribution in [2.45, 2.75) is 25.8 Å². The monoisotopic (exact) mass is 328 g/mol. The van der Waals surface area contributed by atoms with Crippen LogP contribution in [-0.2, 0) is 0 Å². The number of carbonyl (C=O) groups is 2. The van der Waals surface area contributed by atoms with Crippen LogP contribution < -0.4 is 11.1 Å². The number of nitrogens with one attached hydrogen (secondary N) is 1. The number of anilines is 1. The van der Waals surface area contributed by atoms with Crippen molar-refractivity contribution in [2.24, 2.45) is 5.73 Å². The predicted molar refractivity (Wildman–Crippen MR) is 88.6 cm³/mol. The van der Waals surface area contributed by atoms with Gasteiger partial charge in [0, 0.05) is 19.3 Å². The third-order valence-electron chi connectivity index (χ3n) is 4.06. The van der Waals surface area contributed by atoms with Gasteiger partial charge in [0.1, 0.15) is 5.69 Å². The molecule has 2 aromatic rings. The third kappa shape index (κ3) is 3.53. The summed E-state index contributed by atoms with van der Waals surface area (Å²) in [6, 6.07) is 3.11. The summed E-state index contributed by atoms with van der Waals surface area (Å²) < 4.78 is 1.93. The fraction of sp³-hybridized carbons (Fsp3) is 0.375. The first-order chi connectivity index (χ1) is 11.5. The molecule has 2 aromatic heterocycles. The van der Waals surface area contributed by atoms with Gasteiger partial charge in [-0.2, -0.15) is 5.10 Å². The number of primary amides is 1. The number of nitrogens with zero attached hydrogens (tertiary/aromatic N) is 4. The number of rotatable bonds is 3. The Morgan fingerprint density at radius 3 is 2.79 bits per heavy atom. The molecule has 8 heteroatoms. The molecule has 126 valence electrons. The van der Waals surface area contributed by atoms with Crippen LogP contribution in [-0.4, -0.2) is 44.7 Å². The molecule has 1 unspecified atom stereocenters. The second-order valence-corrected chi connectivity index (χ2v) is 5.97. The zero-order valence-corrected chi connectivity index (χ0v) is 13.5. The van der Waals surface area contributed by atoms with E-state index in [4.69, 9.17) is 5.73 Å². The Balaban J connectivity index is 1.63. The molecule has 0 bridgehead atoms. The number of carbonyl (C=O) groups excluding carboxylic acids is 2. The molecule has 3 rings (SSSR count). The molecule has 0 spiro atoms. The normalized spacial score (nSPS) is 17.5. The average molecular weight is 328 g/mol. The zero-order valence-electron chi connectivity index (χ0n) is 13.5.